The van der Waals surface area contributed by atoms with E-state index in [0.29, 0.717) is 17.0 Å². The molecule has 0 spiro atoms. The molecular formula is C21H22N2O3. The Bertz CT molecular complexity index is 858. The van der Waals surface area contributed by atoms with Gasteiger partial charge in [-0.3, -0.25) is 9.59 Å². The highest BCUT2D eigenvalue weighted by Crippen LogP contribution is 2.37. The summed E-state index contributed by atoms with van der Waals surface area (Å²) in [4.78, 5) is 27.1. The van der Waals surface area contributed by atoms with Gasteiger partial charge in [-0.25, -0.2) is 0 Å². The minimum Gasteiger partial charge on any atom is -0.496 e. The summed E-state index contributed by atoms with van der Waals surface area (Å²) in [6.07, 6.45) is 3.94. The molecule has 1 aliphatic carbocycles. The van der Waals surface area contributed by atoms with Crippen LogP contribution in [-0.4, -0.2) is 25.5 Å². The van der Waals surface area contributed by atoms with E-state index in [0.717, 1.165) is 37.9 Å². The number of hydrogen-bond acceptors (Lipinski definition) is 3. The van der Waals surface area contributed by atoms with Crippen molar-refractivity contribution in [2.75, 3.05) is 23.9 Å². The molecule has 2 aromatic rings. The van der Waals surface area contributed by atoms with Crippen LogP contribution in [0.1, 0.15) is 35.2 Å². The lowest BCUT2D eigenvalue weighted by atomic mass is 10.0. The Balaban J connectivity index is 1.59. The van der Waals surface area contributed by atoms with Crippen LogP contribution in [0.5, 0.6) is 5.75 Å². The normalized spacial score (nSPS) is 16.0. The number of carbonyl (C=O) groups is 2. The molecule has 0 saturated heterocycles. The number of fused-ring (bicyclic) bond motifs is 1. The van der Waals surface area contributed by atoms with Crippen LogP contribution in [0.25, 0.3) is 0 Å². The summed E-state index contributed by atoms with van der Waals surface area (Å²) >= 11 is 0. The number of amides is 2. The second kappa shape index (κ2) is 6.83. The molecule has 26 heavy (non-hydrogen) atoms. The molecule has 0 aromatic heterocycles. The average Bonchev–Trinajstić information content (AvgIpc) is 3.52. The molecule has 0 bridgehead atoms. The fraction of sp³-hybridized carbons (Fsp3) is 0.333. The minimum absolute atomic E-state index is 0.188. The Morgan fingerprint density at radius 3 is 2.73 bits per heavy atom. The Morgan fingerprint density at radius 1 is 1.15 bits per heavy atom. The first-order valence-electron chi connectivity index (χ1n) is 9.06. The number of methoxy groups -OCH3 is 1. The van der Waals surface area contributed by atoms with Gasteiger partial charge in [0, 0.05) is 23.8 Å². The van der Waals surface area contributed by atoms with Gasteiger partial charge in [-0.2, -0.15) is 0 Å². The fourth-order valence-electron chi connectivity index (χ4n) is 3.46. The number of carbonyl (C=O) groups excluding carboxylic acids is 2. The van der Waals surface area contributed by atoms with E-state index < -0.39 is 0 Å². The predicted octanol–water partition coefficient (Wildman–Crippen LogP) is 3.64. The quantitative estimate of drug-likeness (QED) is 0.916. The molecule has 1 N–H and O–H groups in total. The van der Waals surface area contributed by atoms with E-state index in [4.69, 9.17) is 4.74 Å². The van der Waals surface area contributed by atoms with Gasteiger partial charge in [0.15, 0.2) is 0 Å². The van der Waals surface area contributed by atoms with Gasteiger partial charge in [0.2, 0.25) is 5.91 Å². The number of nitrogens with one attached hydrogen (secondary N) is 1. The average molecular weight is 350 g/mol. The zero-order valence-corrected chi connectivity index (χ0v) is 14.8. The van der Waals surface area contributed by atoms with Crippen LogP contribution in [0.4, 0.5) is 11.4 Å². The van der Waals surface area contributed by atoms with Gasteiger partial charge in [0.25, 0.3) is 5.91 Å². The van der Waals surface area contributed by atoms with Gasteiger partial charge in [-0.05, 0) is 55.5 Å². The maximum atomic E-state index is 12.6. The van der Waals surface area contributed by atoms with E-state index in [1.807, 2.05) is 29.2 Å². The third-order valence-electron chi connectivity index (χ3n) is 5.01. The van der Waals surface area contributed by atoms with Crippen LogP contribution in [-0.2, 0) is 11.2 Å². The third-order valence-corrected chi connectivity index (χ3v) is 5.01. The number of aryl methyl sites for hydroxylation is 1. The summed E-state index contributed by atoms with van der Waals surface area (Å²) in [6.45, 7) is 0.756. The van der Waals surface area contributed by atoms with Crippen LogP contribution in [0.15, 0.2) is 42.5 Å². The lowest BCUT2D eigenvalue weighted by Gasteiger charge is -2.30. The fourth-order valence-corrected chi connectivity index (χ4v) is 3.46. The molecule has 2 aliphatic rings. The van der Waals surface area contributed by atoms with Crippen LogP contribution < -0.4 is 15.0 Å². The van der Waals surface area contributed by atoms with Crippen LogP contribution in [0.2, 0.25) is 0 Å². The van der Waals surface area contributed by atoms with Crippen molar-refractivity contribution in [3.05, 3.63) is 53.6 Å². The van der Waals surface area contributed by atoms with Crippen LogP contribution in [0, 0.1) is 5.92 Å². The first kappa shape index (κ1) is 16.6. The van der Waals surface area contributed by atoms with Crippen molar-refractivity contribution in [3.8, 4) is 5.75 Å². The number of anilines is 2. The molecule has 0 atom stereocenters. The molecule has 1 aliphatic heterocycles. The monoisotopic (exact) mass is 350 g/mol. The maximum absolute atomic E-state index is 12.6. The molecule has 4 rings (SSSR count). The Hall–Kier alpha value is -2.82. The van der Waals surface area contributed by atoms with Crippen molar-refractivity contribution in [1.29, 1.82) is 0 Å². The Labute approximate surface area is 153 Å². The first-order chi connectivity index (χ1) is 12.7. The minimum atomic E-state index is -0.224. The van der Waals surface area contributed by atoms with E-state index in [1.165, 1.54) is 5.56 Å². The lowest BCUT2D eigenvalue weighted by molar-refractivity contribution is -0.119. The summed E-state index contributed by atoms with van der Waals surface area (Å²) in [6, 6.07) is 13.0. The molecule has 0 radical (unpaired) electrons. The summed E-state index contributed by atoms with van der Waals surface area (Å²) in [5.74, 6) is 0.721. The largest absolute Gasteiger partial charge is 0.496 e. The van der Waals surface area contributed by atoms with Gasteiger partial charge >= 0.3 is 0 Å². The maximum Gasteiger partial charge on any atom is 0.259 e. The van der Waals surface area contributed by atoms with Gasteiger partial charge in [0.1, 0.15) is 5.75 Å². The lowest BCUT2D eigenvalue weighted by Crippen LogP contribution is -2.36. The molecular weight excluding hydrogens is 328 g/mol. The summed E-state index contributed by atoms with van der Waals surface area (Å²) < 4.78 is 5.26. The van der Waals surface area contributed by atoms with Crippen molar-refractivity contribution in [3.63, 3.8) is 0 Å². The number of nitrogens with zero attached hydrogens (tertiary/aromatic N) is 1. The first-order valence-corrected chi connectivity index (χ1v) is 9.06. The zero-order valence-electron chi connectivity index (χ0n) is 14.8. The molecule has 1 heterocycles. The van der Waals surface area contributed by atoms with Crippen molar-refractivity contribution in [1.82, 2.24) is 0 Å². The van der Waals surface area contributed by atoms with Gasteiger partial charge in [-0.15, -0.1) is 0 Å². The van der Waals surface area contributed by atoms with Crippen molar-refractivity contribution in [2.24, 2.45) is 5.92 Å². The van der Waals surface area contributed by atoms with Crippen molar-refractivity contribution >= 4 is 23.2 Å². The molecule has 5 nitrogen and oxygen atoms in total. The molecule has 2 amide bonds. The number of ether oxygens (including phenoxy) is 1. The topological polar surface area (TPSA) is 58.6 Å². The molecule has 134 valence electrons. The molecule has 2 aromatic carbocycles. The molecule has 1 fully saturated rings. The smallest absolute Gasteiger partial charge is 0.259 e. The number of hydrogen-bond donors (Lipinski definition) is 1. The third kappa shape index (κ3) is 3.17. The van der Waals surface area contributed by atoms with E-state index in [1.54, 1.807) is 25.3 Å². The summed E-state index contributed by atoms with van der Waals surface area (Å²) in [5.41, 5.74) is 3.28. The van der Waals surface area contributed by atoms with E-state index in [9.17, 15) is 9.59 Å². The summed E-state index contributed by atoms with van der Waals surface area (Å²) in [5, 5.41) is 2.93. The van der Waals surface area contributed by atoms with E-state index >= 15 is 0 Å². The van der Waals surface area contributed by atoms with Crippen LogP contribution >= 0.6 is 0 Å². The van der Waals surface area contributed by atoms with Gasteiger partial charge in [-0.1, -0.05) is 18.2 Å². The van der Waals surface area contributed by atoms with Gasteiger partial charge in [0.05, 0.1) is 12.7 Å². The number of para-hydroxylation sites is 1. The second-order valence-electron chi connectivity index (χ2n) is 6.87. The van der Waals surface area contributed by atoms with Crippen molar-refractivity contribution in [2.45, 2.75) is 25.7 Å². The van der Waals surface area contributed by atoms with E-state index in [2.05, 4.69) is 5.32 Å². The molecule has 1 saturated carbocycles. The molecule has 5 heteroatoms. The molecule has 0 unspecified atom stereocenters. The Morgan fingerprint density at radius 2 is 1.96 bits per heavy atom. The number of rotatable bonds is 4. The second-order valence-corrected chi connectivity index (χ2v) is 6.87. The SMILES string of the molecule is COc1ccccc1C(=O)Nc1ccc2c(c1)N(C(=O)C1CC1)CCC2. The number of benzene rings is 2. The highest BCUT2D eigenvalue weighted by Gasteiger charge is 2.35. The highest BCUT2D eigenvalue weighted by atomic mass is 16.5. The zero-order chi connectivity index (χ0) is 18.1. The standard InChI is InChI=1S/C21H22N2O3/c1-26-19-7-3-2-6-17(19)20(24)22-16-11-10-14-5-4-12-23(18(14)13-16)21(25)15-8-9-15/h2-3,6-7,10-11,13,15H,4-5,8-9,12H2,1H3,(H,22,24). The highest BCUT2D eigenvalue weighted by molar-refractivity contribution is 6.07. The van der Waals surface area contributed by atoms with E-state index in [-0.39, 0.29) is 17.7 Å². The van der Waals surface area contributed by atoms with Crippen molar-refractivity contribution < 1.29 is 14.3 Å². The summed E-state index contributed by atoms with van der Waals surface area (Å²) in [7, 11) is 1.55. The van der Waals surface area contributed by atoms with Crippen LogP contribution in [0.3, 0.4) is 0 Å². The predicted molar refractivity (Wildman–Crippen MR) is 101 cm³/mol. The Kier molecular flexibility index (Phi) is 4.37. The van der Waals surface area contributed by atoms with Gasteiger partial charge < -0.3 is 15.0 Å².